The third-order valence-corrected chi connectivity index (χ3v) is 4.37. The average Bonchev–Trinajstić information content (AvgIpc) is 3.10. The van der Waals surface area contributed by atoms with E-state index >= 15 is 0 Å². The van der Waals surface area contributed by atoms with E-state index < -0.39 is 0 Å². The van der Waals surface area contributed by atoms with Gasteiger partial charge in [-0.15, -0.1) is 0 Å². The molecule has 3 atom stereocenters. The second-order valence-corrected chi connectivity index (χ2v) is 5.66. The third-order valence-electron chi connectivity index (χ3n) is 4.37. The van der Waals surface area contributed by atoms with E-state index in [0.29, 0.717) is 18.3 Å². The van der Waals surface area contributed by atoms with Crippen molar-refractivity contribution in [2.45, 2.75) is 32.3 Å². The van der Waals surface area contributed by atoms with Gasteiger partial charge in [0.15, 0.2) is 0 Å². The van der Waals surface area contributed by atoms with Crippen LogP contribution in [0.1, 0.15) is 37.0 Å². The number of benzene rings is 1. The minimum Gasteiger partial charge on any atom is -0.388 e. The molecule has 1 aliphatic heterocycles. The molecular weight excluding hydrogens is 226 g/mol. The molecule has 1 saturated carbocycles. The van der Waals surface area contributed by atoms with Crippen molar-refractivity contribution in [1.29, 1.82) is 0 Å². The number of hydrogen-bond donors (Lipinski definition) is 1. The van der Waals surface area contributed by atoms with E-state index in [1.807, 2.05) is 19.2 Å². The molecule has 3 nitrogen and oxygen atoms in total. The summed E-state index contributed by atoms with van der Waals surface area (Å²) in [6.45, 7) is 2.18. The van der Waals surface area contributed by atoms with Crippen LogP contribution in [0.3, 0.4) is 0 Å². The summed E-state index contributed by atoms with van der Waals surface area (Å²) in [5, 5.41) is 10.3. The van der Waals surface area contributed by atoms with E-state index in [-0.39, 0.29) is 12.0 Å². The van der Waals surface area contributed by atoms with Gasteiger partial charge in [-0.25, -0.2) is 0 Å². The summed E-state index contributed by atoms with van der Waals surface area (Å²) < 4.78 is 0. The normalized spacial score (nSPS) is 27.9. The zero-order valence-corrected chi connectivity index (χ0v) is 10.9. The SMILES string of the molecule is CC1CC1C(O)c1ccc2c(c1)CCC(=O)N2C. The maximum atomic E-state index is 11.6. The molecule has 1 aliphatic carbocycles. The van der Waals surface area contributed by atoms with Gasteiger partial charge in [-0.2, -0.15) is 0 Å². The first-order chi connectivity index (χ1) is 8.58. The van der Waals surface area contributed by atoms with Gasteiger partial charge in [0.2, 0.25) is 5.91 Å². The Morgan fingerprint density at radius 2 is 2.11 bits per heavy atom. The molecule has 18 heavy (non-hydrogen) atoms. The van der Waals surface area contributed by atoms with Crippen molar-refractivity contribution in [2.24, 2.45) is 11.8 Å². The first kappa shape index (κ1) is 11.7. The Labute approximate surface area is 107 Å². The van der Waals surface area contributed by atoms with Gasteiger partial charge in [-0.05, 0) is 41.9 Å². The zero-order valence-electron chi connectivity index (χ0n) is 10.9. The summed E-state index contributed by atoms with van der Waals surface area (Å²) in [6, 6.07) is 6.01. The van der Waals surface area contributed by atoms with Crippen molar-refractivity contribution in [3.05, 3.63) is 29.3 Å². The Morgan fingerprint density at radius 3 is 2.78 bits per heavy atom. The van der Waals surface area contributed by atoms with Crippen LogP contribution >= 0.6 is 0 Å². The molecule has 1 fully saturated rings. The van der Waals surface area contributed by atoms with E-state index in [9.17, 15) is 9.90 Å². The summed E-state index contributed by atoms with van der Waals surface area (Å²) in [5.41, 5.74) is 3.18. The summed E-state index contributed by atoms with van der Waals surface area (Å²) in [6.07, 6.45) is 2.15. The molecule has 1 aromatic carbocycles. The Morgan fingerprint density at radius 1 is 1.39 bits per heavy atom. The number of nitrogens with zero attached hydrogens (tertiary/aromatic N) is 1. The zero-order chi connectivity index (χ0) is 12.9. The average molecular weight is 245 g/mol. The molecule has 0 radical (unpaired) electrons. The Balaban J connectivity index is 1.89. The number of aryl methyl sites for hydroxylation is 1. The van der Waals surface area contributed by atoms with Gasteiger partial charge >= 0.3 is 0 Å². The standard InChI is InChI=1S/C15H19NO2/c1-9-7-12(9)15(18)11-3-5-13-10(8-11)4-6-14(17)16(13)2/h3,5,8-9,12,15,18H,4,6-7H2,1-2H3. The quantitative estimate of drug-likeness (QED) is 0.868. The number of carbonyl (C=O) groups is 1. The van der Waals surface area contributed by atoms with E-state index in [0.717, 1.165) is 24.1 Å². The Kier molecular flexibility index (Phi) is 2.67. The second kappa shape index (κ2) is 4.09. The first-order valence-electron chi connectivity index (χ1n) is 6.65. The lowest BCUT2D eigenvalue weighted by Crippen LogP contribution is -2.31. The van der Waals surface area contributed by atoms with Crippen molar-refractivity contribution >= 4 is 11.6 Å². The van der Waals surface area contributed by atoms with Gasteiger partial charge in [0.25, 0.3) is 0 Å². The molecule has 1 heterocycles. The Bertz CT molecular complexity index is 497. The molecule has 0 aromatic heterocycles. The predicted molar refractivity (Wildman–Crippen MR) is 70.4 cm³/mol. The second-order valence-electron chi connectivity index (χ2n) is 5.66. The van der Waals surface area contributed by atoms with Crippen LogP contribution < -0.4 is 4.90 Å². The molecule has 3 rings (SSSR count). The summed E-state index contributed by atoms with van der Waals surface area (Å²) in [7, 11) is 1.82. The van der Waals surface area contributed by atoms with Crippen molar-refractivity contribution in [3.8, 4) is 0 Å². The van der Waals surface area contributed by atoms with Gasteiger partial charge in [0, 0.05) is 19.2 Å². The first-order valence-corrected chi connectivity index (χ1v) is 6.65. The number of carbonyl (C=O) groups excluding carboxylic acids is 1. The molecule has 0 spiro atoms. The van der Waals surface area contributed by atoms with Crippen LogP contribution in [0.4, 0.5) is 5.69 Å². The molecule has 96 valence electrons. The van der Waals surface area contributed by atoms with Gasteiger partial charge in [-0.1, -0.05) is 19.1 Å². The largest absolute Gasteiger partial charge is 0.388 e. The number of aliphatic hydroxyl groups is 1. The summed E-state index contributed by atoms with van der Waals surface area (Å²) >= 11 is 0. The number of amides is 1. The van der Waals surface area contributed by atoms with Crippen LogP contribution in [-0.4, -0.2) is 18.1 Å². The van der Waals surface area contributed by atoms with Crippen molar-refractivity contribution in [3.63, 3.8) is 0 Å². The molecule has 3 heteroatoms. The highest BCUT2D eigenvalue weighted by Gasteiger charge is 2.39. The minimum absolute atomic E-state index is 0.173. The summed E-state index contributed by atoms with van der Waals surface area (Å²) in [5.74, 6) is 1.23. The molecular formula is C15H19NO2. The smallest absolute Gasteiger partial charge is 0.227 e. The monoisotopic (exact) mass is 245 g/mol. The number of anilines is 1. The van der Waals surface area contributed by atoms with Gasteiger partial charge in [0.05, 0.1) is 6.10 Å². The van der Waals surface area contributed by atoms with E-state index in [1.54, 1.807) is 4.90 Å². The van der Waals surface area contributed by atoms with Crippen molar-refractivity contribution in [2.75, 3.05) is 11.9 Å². The highest BCUT2D eigenvalue weighted by atomic mass is 16.3. The molecule has 1 aromatic rings. The predicted octanol–water partition coefficient (Wildman–Crippen LogP) is 2.29. The lowest BCUT2D eigenvalue weighted by Gasteiger charge is -2.26. The molecule has 0 saturated heterocycles. The molecule has 1 N–H and O–H groups in total. The molecule has 2 aliphatic rings. The fourth-order valence-corrected chi connectivity index (χ4v) is 2.90. The molecule has 1 amide bonds. The topological polar surface area (TPSA) is 40.5 Å². The van der Waals surface area contributed by atoms with Crippen LogP contribution in [-0.2, 0) is 11.2 Å². The molecule has 3 unspecified atom stereocenters. The fraction of sp³-hybridized carbons (Fsp3) is 0.533. The summed E-state index contributed by atoms with van der Waals surface area (Å²) in [4.78, 5) is 13.3. The third kappa shape index (κ3) is 1.83. The molecule has 0 bridgehead atoms. The lowest BCUT2D eigenvalue weighted by molar-refractivity contribution is -0.118. The van der Waals surface area contributed by atoms with Crippen LogP contribution in [0.5, 0.6) is 0 Å². The van der Waals surface area contributed by atoms with Crippen LogP contribution in [0.2, 0.25) is 0 Å². The van der Waals surface area contributed by atoms with E-state index in [2.05, 4.69) is 13.0 Å². The fourth-order valence-electron chi connectivity index (χ4n) is 2.90. The number of hydrogen-bond acceptors (Lipinski definition) is 2. The van der Waals surface area contributed by atoms with Gasteiger partial charge in [0.1, 0.15) is 0 Å². The van der Waals surface area contributed by atoms with E-state index in [4.69, 9.17) is 0 Å². The highest BCUT2D eigenvalue weighted by molar-refractivity contribution is 5.95. The number of fused-ring (bicyclic) bond motifs is 1. The Hall–Kier alpha value is -1.35. The van der Waals surface area contributed by atoms with Crippen LogP contribution in [0.25, 0.3) is 0 Å². The number of rotatable bonds is 2. The van der Waals surface area contributed by atoms with Gasteiger partial charge < -0.3 is 10.0 Å². The number of aliphatic hydroxyl groups excluding tert-OH is 1. The van der Waals surface area contributed by atoms with Crippen LogP contribution in [0.15, 0.2) is 18.2 Å². The minimum atomic E-state index is -0.340. The lowest BCUT2D eigenvalue weighted by atomic mass is 9.95. The van der Waals surface area contributed by atoms with Gasteiger partial charge in [-0.3, -0.25) is 4.79 Å². The van der Waals surface area contributed by atoms with Crippen molar-refractivity contribution in [1.82, 2.24) is 0 Å². The maximum absolute atomic E-state index is 11.6. The maximum Gasteiger partial charge on any atom is 0.227 e. The van der Waals surface area contributed by atoms with E-state index in [1.165, 1.54) is 5.56 Å². The van der Waals surface area contributed by atoms with Crippen molar-refractivity contribution < 1.29 is 9.90 Å². The highest BCUT2D eigenvalue weighted by Crippen LogP contribution is 2.47. The van der Waals surface area contributed by atoms with Crippen LogP contribution in [0, 0.1) is 11.8 Å².